The summed E-state index contributed by atoms with van der Waals surface area (Å²) in [6.07, 6.45) is 4.97. The molecule has 0 saturated carbocycles. The maximum atomic E-state index is 14.8. The number of fused-ring (bicyclic) bond motifs is 1. The Bertz CT molecular complexity index is 1170. The summed E-state index contributed by atoms with van der Waals surface area (Å²) in [6.45, 7) is 4.09. The van der Waals surface area contributed by atoms with E-state index in [2.05, 4.69) is 4.98 Å². The fourth-order valence-corrected chi connectivity index (χ4v) is 2.91. The Hall–Kier alpha value is -3.42. The smallest absolute Gasteiger partial charge is 0.295 e. The maximum Gasteiger partial charge on any atom is 0.295 e. The van der Waals surface area contributed by atoms with Gasteiger partial charge in [0.15, 0.2) is 0 Å². The van der Waals surface area contributed by atoms with E-state index >= 15 is 0 Å². The fourth-order valence-electron chi connectivity index (χ4n) is 2.91. The molecule has 0 N–H and O–H groups in total. The number of carbonyl (C=O) groups is 1. The zero-order chi connectivity index (χ0) is 21.3. The molecule has 2 heterocycles. The normalized spacial score (nSPS) is 10.8. The Morgan fingerprint density at radius 1 is 1.28 bits per heavy atom. The first-order valence-electron chi connectivity index (χ1n) is 9.04. The van der Waals surface area contributed by atoms with Crippen LogP contribution < -0.4 is 10.3 Å². The minimum absolute atomic E-state index is 0.107. The molecule has 0 aliphatic carbocycles. The highest BCUT2D eigenvalue weighted by Gasteiger charge is 2.19. The highest BCUT2D eigenvalue weighted by atomic mass is 19.1. The standard InChI is InChI=1S/C21H23FN4O3/c1-13(2)8-9-26-18(15-7-6-14(29-5)10-16(15)22)12-25-11-17(20(27)24(3)4)23-19(25)21(26)28/h6-8,10-12H,9H2,1-5H3. The summed E-state index contributed by atoms with van der Waals surface area (Å²) in [7, 11) is 4.68. The molecule has 0 aliphatic heterocycles. The minimum atomic E-state index is -0.515. The second kappa shape index (κ2) is 7.90. The van der Waals surface area contributed by atoms with Crippen LogP contribution in [0.1, 0.15) is 24.3 Å². The fraction of sp³-hybridized carbons (Fsp3) is 0.286. The van der Waals surface area contributed by atoms with Crippen LogP contribution in [0.5, 0.6) is 5.75 Å². The molecule has 0 bridgehead atoms. The lowest BCUT2D eigenvalue weighted by Gasteiger charge is -2.14. The van der Waals surface area contributed by atoms with Crippen molar-refractivity contribution in [3.63, 3.8) is 0 Å². The molecule has 1 amide bonds. The van der Waals surface area contributed by atoms with Gasteiger partial charge < -0.3 is 9.64 Å². The van der Waals surface area contributed by atoms with E-state index in [4.69, 9.17) is 4.74 Å². The van der Waals surface area contributed by atoms with Gasteiger partial charge in [0.1, 0.15) is 17.3 Å². The number of aromatic nitrogens is 3. The van der Waals surface area contributed by atoms with E-state index in [1.807, 2.05) is 19.9 Å². The van der Waals surface area contributed by atoms with Gasteiger partial charge >= 0.3 is 0 Å². The van der Waals surface area contributed by atoms with Crippen LogP contribution in [-0.4, -0.2) is 46.0 Å². The summed E-state index contributed by atoms with van der Waals surface area (Å²) in [4.78, 5) is 31.0. The number of benzene rings is 1. The third-order valence-electron chi connectivity index (χ3n) is 4.48. The average Bonchev–Trinajstić information content (AvgIpc) is 3.10. The molecule has 3 aromatic rings. The maximum absolute atomic E-state index is 14.8. The SMILES string of the molecule is COc1ccc(-c2cn3cc(C(=O)N(C)C)nc3c(=O)n2CC=C(C)C)c(F)c1. The number of carbonyl (C=O) groups excluding carboxylic acids is 1. The van der Waals surface area contributed by atoms with E-state index in [9.17, 15) is 14.0 Å². The van der Waals surface area contributed by atoms with E-state index in [0.717, 1.165) is 5.57 Å². The van der Waals surface area contributed by atoms with Gasteiger partial charge in [0.05, 0.1) is 12.8 Å². The second-order valence-electron chi connectivity index (χ2n) is 7.11. The van der Waals surface area contributed by atoms with Gasteiger partial charge in [-0.05, 0) is 26.0 Å². The first kappa shape index (κ1) is 20.3. The van der Waals surface area contributed by atoms with Crippen LogP contribution >= 0.6 is 0 Å². The third-order valence-corrected chi connectivity index (χ3v) is 4.48. The number of methoxy groups -OCH3 is 1. The second-order valence-corrected chi connectivity index (χ2v) is 7.11. The minimum Gasteiger partial charge on any atom is -0.497 e. The molecule has 0 spiro atoms. The lowest BCUT2D eigenvalue weighted by molar-refractivity contribution is 0.0822. The Morgan fingerprint density at radius 3 is 2.59 bits per heavy atom. The van der Waals surface area contributed by atoms with Gasteiger partial charge in [-0.2, -0.15) is 0 Å². The summed E-state index contributed by atoms with van der Waals surface area (Å²) < 4.78 is 22.8. The number of hydrogen-bond donors (Lipinski definition) is 0. The Kier molecular flexibility index (Phi) is 5.54. The van der Waals surface area contributed by atoms with Gasteiger partial charge in [0.2, 0.25) is 5.65 Å². The van der Waals surface area contributed by atoms with E-state index < -0.39 is 11.4 Å². The van der Waals surface area contributed by atoms with Crippen molar-refractivity contribution in [3.8, 4) is 17.0 Å². The number of allylic oxidation sites excluding steroid dienone is 2. The largest absolute Gasteiger partial charge is 0.497 e. The molecule has 8 heteroatoms. The molecule has 0 aliphatic rings. The molecule has 0 saturated heterocycles. The van der Waals surface area contributed by atoms with Gasteiger partial charge in [-0.1, -0.05) is 11.6 Å². The topological polar surface area (TPSA) is 68.8 Å². The zero-order valence-electron chi connectivity index (χ0n) is 17.1. The molecule has 2 aromatic heterocycles. The molecule has 0 unspecified atom stereocenters. The Balaban J connectivity index is 2.29. The summed E-state index contributed by atoms with van der Waals surface area (Å²) in [5.74, 6) is -0.452. The Labute approximate surface area is 167 Å². The van der Waals surface area contributed by atoms with Gasteiger partial charge in [-0.25, -0.2) is 9.37 Å². The summed E-state index contributed by atoms with van der Waals surface area (Å²) in [6, 6.07) is 4.47. The Morgan fingerprint density at radius 2 is 2.00 bits per heavy atom. The molecule has 7 nitrogen and oxygen atoms in total. The van der Waals surface area contributed by atoms with E-state index in [1.54, 1.807) is 32.4 Å². The number of rotatable bonds is 5. The highest BCUT2D eigenvalue weighted by Crippen LogP contribution is 2.26. The van der Waals surface area contributed by atoms with Crippen LogP contribution in [0, 0.1) is 5.82 Å². The molecule has 1 aromatic carbocycles. The molecule has 0 fully saturated rings. The average molecular weight is 398 g/mol. The molecular formula is C21H23FN4O3. The lowest BCUT2D eigenvalue weighted by atomic mass is 10.1. The van der Waals surface area contributed by atoms with Gasteiger partial charge in [0.25, 0.3) is 11.5 Å². The predicted octanol–water partition coefficient (Wildman–Crippen LogP) is 2.98. The summed E-state index contributed by atoms with van der Waals surface area (Å²) in [5.41, 5.74) is 1.49. The van der Waals surface area contributed by atoms with Crippen molar-refractivity contribution in [2.75, 3.05) is 21.2 Å². The molecular weight excluding hydrogens is 375 g/mol. The number of imidazole rings is 1. The van der Waals surface area contributed by atoms with Crippen molar-refractivity contribution in [2.45, 2.75) is 20.4 Å². The van der Waals surface area contributed by atoms with Crippen molar-refractivity contribution in [2.24, 2.45) is 0 Å². The number of amides is 1. The molecule has 152 valence electrons. The van der Waals surface area contributed by atoms with E-state index in [-0.39, 0.29) is 29.4 Å². The molecule has 3 rings (SSSR count). The van der Waals surface area contributed by atoms with Crippen LogP contribution in [-0.2, 0) is 6.54 Å². The van der Waals surface area contributed by atoms with Gasteiger partial charge in [-0.3, -0.25) is 18.6 Å². The van der Waals surface area contributed by atoms with Crippen LogP contribution in [0.15, 0.2) is 47.0 Å². The highest BCUT2D eigenvalue weighted by molar-refractivity contribution is 5.92. The monoisotopic (exact) mass is 398 g/mol. The van der Waals surface area contributed by atoms with Crippen molar-refractivity contribution in [1.82, 2.24) is 18.9 Å². The third kappa shape index (κ3) is 3.91. The zero-order valence-corrected chi connectivity index (χ0v) is 17.1. The first-order valence-corrected chi connectivity index (χ1v) is 9.04. The van der Waals surface area contributed by atoms with Crippen LogP contribution in [0.3, 0.4) is 0 Å². The predicted molar refractivity (Wildman–Crippen MR) is 109 cm³/mol. The van der Waals surface area contributed by atoms with Crippen molar-refractivity contribution in [3.05, 3.63) is 64.1 Å². The lowest BCUT2D eigenvalue weighted by Crippen LogP contribution is -2.24. The molecule has 0 radical (unpaired) electrons. The van der Waals surface area contributed by atoms with Crippen LogP contribution in [0.4, 0.5) is 4.39 Å². The number of hydrogen-bond acceptors (Lipinski definition) is 4. The first-order chi connectivity index (χ1) is 13.7. The van der Waals surface area contributed by atoms with Crippen molar-refractivity contribution >= 4 is 11.6 Å². The van der Waals surface area contributed by atoms with Crippen LogP contribution in [0.2, 0.25) is 0 Å². The van der Waals surface area contributed by atoms with Gasteiger partial charge in [-0.15, -0.1) is 0 Å². The molecule has 0 atom stereocenters. The van der Waals surface area contributed by atoms with E-state index in [0.29, 0.717) is 11.4 Å². The van der Waals surface area contributed by atoms with E-state index in [1.165, 1.54) is 33.2 Å². The number of nitrogens with zero attached hydrogens (tertiary/aromatic N) is 4. The van der Waals surface area contributed by atoms with Crippen LogP contribution in [0.25, 0.3) is 16.9 Å². The van der Waals surface area contributed by atoms with Gasteiger partial charge in [0, 0.05) is 44.7 Å². The number of halogens is 1. The number of ether oxygens (including phenoxy) is 1. The van der Waals surface area contributed by atoms with Crippen molar-refractivity contribution in [1.29, 1.82) is 0 Å². The summed E-state index contributed by atoms with van der Waals surface area (Å²) in [5, 5.41) is 0. The molecule has 29 heavy (non-hydrogen) atoms. The van der Waals surface area contributed by atoms with Crippen molar-refractivity contribution < 1.29 is 13.9 Å². The summed E-state index contributed by atoms with van der Waals surface area (Å²) >= 11 is 0. The quantitative estimate of drug-likeness (QED) is 0.620.